The molecule has 3 aromatic carbocycles. The Hall–Kier alpha value is -3.99. The third-order valence-electron chi connectivity index (χ3n) is 6.10. The van der Waals surface area contributed by atoms with E-state index in [1.54, 1.807) is 6.92 Å². The molecule has 0 bridgehead atoms. The summed E-state index contributed by atoms with van der Waals surface area (Å²) in [5, 5.41) is 2.75. The van der Waals surface area contributed by atoms with Gasteiger partial charge >= 0.3 is 0 Å². The molecule has 0 aliphatic rings. The van der Waals surface area contributed by atoms with Gasteiger partial charge in [0.15, 0.2) is 0 Å². The maximum atomic E-state index is 13.8. The molecule has 0 saturated carbocycles. The summed E-state index contributed by atoms with van der Waals surface area (Å²) in [6.07, 6.45) is 0.684. The zero-order valence-corrected chi connectivity index (χ0v) is 23.5. The molecular formula is C29H33F2N3O5S. The van der Waals surface area contributed by atoms with Crippen LogP contribution in [0.2, 0.25) is 0 Å². The molecular weight excluding hydrogens is 540 g/mol. The molecule has 0 saturated heterocycles. The summed E-state index contributed by atoms with van der Waals surface area (Å²) in [5.41, 5.74) is 0.612. The first-order chi connectivity index (χ1) is 19.1. The van der Waals surface area contributed by atoms with Crippen molar-refractivity contribution >= 4 is 27.5 Å². The van der Waals surface area contributed by atoms with E-state index in [0.717, 1.165) is 16.4 Å². The smallest absolute Gasteiger partial charge is 0.264 e. The number of carbonyl (C=O) groups excluding carboxylic acids is 2. The summed E-state index contributed by atoms with van der Waals surface area (Å²) in [7, 11) is -4.31. The second kappa shape index (κ2) is 13.9. The lowest BCUT2D eigenvalue weighted by molar-refractivity contribution is -0.139. The van der Waals surface area contributed by atoms with Gasteiger partial charge in [-0.1, -0.05) is 19.1 Å². The SMILES string of the molecule is CCCNC(=O)[C@H](C)N(Cc1ccc(F)cc1)C(=O)CN(c1ccc(F)cc1)S(=O)(=O)c1ccc(OCC)cc1. The maximum Gasteiger partial charge on any atom is 0.264 e. The number of amides is 2. The van der Waals surface area contributed by atoms with Gasteiger partial charge in [0.05, 0.1) is 17.2 Å². The second-order valence-corrected chi connectivity index (χ2v) is 10.9. The van der Waals surface area contributed by atoms with E-state index in [9.17, 15) is 26.8 Å². The van der Waals surface area contributed by atoms with Crippen LogP contribution < -0.4 is 14.4 Å². The molecule has 40 heavy (non-hydrogen) atoms. The Kier molecular flexibility index (Phi) is 10.6. The Balaban J connectivity index is 2.00. The lowest BCUT2D eigenvalue weighted by Gasteiger charge is -2.32. The van der Waals surface area contributed by atoms with E-state index in [2.05, 4.69) is 5.32 Å². The fourth-order valence-corrected chi connectivity index (χ4v) is 5.32. The molecule has 0 aliphatic heterocycles. The van der Waals surface area contributed by atoms with Gasteiger partial charge in [-0.2, -0.15) is 0 Å². The molecule has 1 N–H and O–H groups in total. The third kappa shape index (κ3) is 7.78. The molecule has 1 atom stereocenters. The van der Waals surface area contributed by atoms with Crippen molar-refractivity contribution < 1.29 is 31.5 Å². The zero-order valence-electron chi connectivity index (χ0n) is 22.6. The minimum absolute atomic E-state index is 0.0634. The monoisotopic (exact) mass is 573 g/mol. The van der Waals surface area contributed by atoms with Crippen molar-refractivity contribution in [2.24, 2.45) is 0 Å². The predicted octanol–water partition coefficient (Wildman–Crippen LogP) is 4.50. The minimum atomic E-state index is -4.31. The van der Waals surface area contributed by atoms with Crippen molar-refractivity contribution in [3.8, 4) is 5.75 Å². The summed E-state index contributed by atoms with van der Waals surface area (Å²) < 4.78 is 61.1. The molecule has 0 aliphatic carbocycles. The fraction of sp³-hybridized carbons (Fsp3) is 0.310. The Morgan fingerprint density at radius 1 is 0.900 bits per heavy atom. The maximum absolute atomic E-state index is 13.8. The van der Waals surface area contributed by atoms with Gasteiger partial charge in [0.2, 0.25) is 11.8 Å². The molecule has 0 aromatic heterocycles. The second-order valence-electron chi connectivity index (χ2n) is 9.01. The summed E-state index contributed by atoms with van der Waals surface area (Å²) in [6, 6.07) is 14.9. The highest BCUT2D eigenvalue weighted by molar-refractivity contribution is 7.92. The molecule has 0 radical (unpaired) electrons. The van der Waals surface area contributed by atoms with Crippen LogP contribution in [0.3, 0.4) is 0 Å². The number of hydrogen-bond donors (Lipinski definition) is 1. The number of ether oxygens (including phenoxy) is 1. The van der Waals surface area contributed by atoms with E-state index in [1.807, 2.05) is 6.92 Å². The van der Waals surface area contributed by atoms with Crippen LogP contribution in [0, 0.1) is 11.6 Å². The topological polar surface area (TPSA) is 96.0 Å². The summed E-state index contributed by atoms with van der Waals surface area (Å²) >= 11 is 0. The van der Waals surface area contributed by atoms with Crippen molar-refractivity contribution in [2.75, 3.05) is 24.0 Å². The summed E-state index contributed by atoms with van der Waals surface area (Å²) in [4.78, 5) is 27.7. The van der Waals surface area contributed by atoms with Crippen LogP contribution in [-0.4, -0.2) is 50.9 Å². The average Bonchev–Trinajstić information content (AvgIpc) is 2.94. The molecule has 8 nitrogen and oxygen atoms in total. The van der Waals surface area contributed by atoms with Crippen LogP contribution >= 0.6 is 0 Å². The van der Waals surface area contributed by atoms with Crippen LogP contribution in [0.15, 0.2) is 77.7 Å². The van der Waals surface area contributed by atoms with E-state index in [4.69, 9.17) is 4.74 Å². The van der Waals surface area contributed by atoms with Crippen molar-refractivity contribution in [3.05, 3.63) is 90.0 Å². The van der Waals surface area contributed by atoms with Gasteiger partial charge in [0, 0.05) is 13.1 Å². The number of carbonyl (C=O) groups is 2. The van der Waals surface area contributed by atoms with Crippen LogP contribution in [0.4, 0.5) is 14.5 Å². The van der Waals surface area contributed by atoms with Crippen LogP contribution in [0.1, 0.15) is 32.8 Å². The highest BCUT2D eigenvalue weighted by Gasteiger charge is 2.32. The van der Waals surface area contributed by atoms with Gasteiger partial charge < -0.3 is 15.0 Å². The predicted molar refractivity (Wildman–Crippen MR) is 148 cm³/mol. The first-order valence-corrected chi connectivity index (χ1v) is 14.3. The molecule has 0 spiro atoms. The van der Waals surface area contributed by atoms with E-state index >= 15 is 0 Å². The van der Waals surface area contributed by atoms with Gasteiger partial charge in [0.1, 0.15) is 30.0 Å². The van der Waals surface area contributed by atoms with Crippen LogP contribution in [-0.2, 0) is 26.2 Å². The van der Waals surface area contributed by atoms with E-state index in [1.165, 1.54) is 72.5 Å². The molecule has 0 heterocycles. The summed E-state index contributed by atoms with van der Waals surface area (Å²) in [5.74, 6) is -1.66. The highest BCUT2D eigenvalue weighted by Crippen LogP contribution is 2.26. The van der Waals surface area contributed by atoms with Crippen molar-refractivity contribution in [2.45, 2.75) is 44.7 Å². The number of rotatable bonds is 13. The average molecular weight is 574 g/mol. The quantitative estimate of drug-likeness (QED) is 0.325. The normalized spacial score (nSPS) is 11.9. The molecule has 3 aromatic rings. The van der Waals surface area contributed by atoms with Gasteiger partial charge in [-0.15, -0.1) is 0 Å². The minimum Gasteiger partial charge on any atom is -0.494 e. The van der Waals surface area contributed by atoms with Crippen LogP contribution in [0.5, 0.6) is 5.75 Å². The largest absolute Gasteiger partial charge is 0.494 e. The number of hydrogen-bond acceptors (Lipinski definition) is 5. The van der Waals surface area contributed by atoms with Crippen molar-refractivity contribution in [3.63, 3.8) is 0 Å². The number of benzene rings is 3. The Morgan fingerprint density at radius 2 is 1.48 bits per heavy atom. The number of halogens is 2. The van der Waals surface area contributed by atoms with E-state index < -0.39 is 46.1 Å². The van der Waals surface area contributed by atoms with Crippen molar-refractivity contribution in [1.29, 1.82) is 0 Å². The lowest BCUT2D eigenvalue weighted by Crippen LogP contribution is -2.51. The van der Waals surface area contributed by atoms with Gasteiger partial charge in [0.25, 0.3) is 10.0 Å². The first kappa shape index (κ1) is 30.6. The third-order valence-corrected chi connectivity index (χ3v) is 7.89. The number of nitrogens with one attached hydrogen (secondary N) is 1. The highest BCUT2D eigenvalue weighted by atomic mass is 32.2. The Bertz CT molecular complexity index is 1380. The molecule has 0 unspecified atom stereocenters. The summed E-state index contributed by atoms with van der Waals surface area (Å²) in [6.45, 7) is 5.28. The molecule has 2 amide bonds. The molecule has 3 rings (SSSR count). The van der Waals surface area contributed by atoms with Gasteiger partial charge in [-0.05, 0) is 86.5 Å². The molecule has 214 valence electrons. The number of nitrogens with zero attached hydrogens (tertiary/aromatic N) is 2. The Morgan fingerprint density at radius 3 is 2.02 bits per heavy atom. The standard InChI is InChI=1S/C29H33F2N3O5S/c1-4-18-32-29(36)21(3)33(19-22-6-8-23(30)9-7-22)28(35)20-34(25-12-10-24(31)11-13-25)40(37,38)27-16-14-26(15-17-27)39-5-2/h6-17,21H,4-5,18-20H2,1-3H3,(H,32,36)/t21-/m0/s1. The zero-order chi connectivity index (χ0) is 29.3. The molecule has 0 fully saturated rings. The van der Waals surface area contributed by atoms with Gasteiger partial charge in [-0.25, -0.2) is 17.2 Å². The number of sulfonamides is 1. The van der Waals surface area contributed by atoms with Crippen LogP contribution in [0.25, 0.3) is 0 Å². The first-order valence-electron chi connectivity index (χ1n) is 12.9. The van der Waals surface area contributed by atoms with Crippen molar-refractivity contribution in [1.82, 2.24) is 10.2 Å². The van der Waals surface area contributed by atoms with E-state index in [0.29, 0.717) is 30.9 Å². The number of anilines is 1. The lowest BCUT2D eigenvalue weighted by atomic mass is 10.1. The fourth-order valence-electron chi connectivity index (χ4n) is 3.90. The molecule has 11 heteroatoms. The Labute approximate surface area is 233 Å². The van der Waals surface area contributed by atoms with Gasteiger partial charge in [-0.3, -0.25) is 13.9 Å². The van der Waals surface area contributed by atoms with E-state index in [-0.39, 0.29) is 17.1 Å².